The van der Waals surface area contributed by atoms with Gasteiger partial charge in [0.25, 0.3) is 0 Å². The van der Waals surface area contributed by atoms with Crippen molar-refractivity contribution in [3.8, 4) is 5.69 Å². The van der Waals surface area contributed by atoms with Crippen LogP contribution in [0, 0.1) is 18.7 Å². The van der Waals surface area contributed by atoms with Gasteiger partial charge in [-0.1, -0.05) is 64.4 Å². The Hall–Kier alpha value is -3.13. The van der Waals surface area contributed by atoms with E-state index >= 15 is 0 Å². The number of anilines is 1. The summed E-state index contributed by atoms with van der Waals surface area (Å²) in [6.45, 7) is 12.7. The van der Waals surface area contributed by atoms with E-state index in [-0.39, 0.29) is 46.5 Å². The topological polar surface area (TPSA) is 67.2 Å². The van der Waals surface area contributed by atoms with E-state index in [4.69, 9.17) is 5.10 Å². The lowest BCUT2D eigenvalue weighted by Crippen LogP contribution is -2.43. The summed E-state index contributed by atoms with van der Waals surface area (Å²) in [4.78, 5) is 28.1. The third-order valence-electron chi connectivity index (χ3n) is 6.24. The molecular weight excluding hydrogens is 487 g/mol. The zero-order valence-electron chi connectivity index (χ0n) is 22.3. The maximum absolute atomic E-state index is 14.4. The Morgan fingerprint density at radius 2 is 1.89 bits per heavy atom. The molecule has 1 aliphatic heterocycles. The Kier molecular flexibility index (Phi) is 7.78. The molecule has 0 aliphatic carbocycles. The Labute approximate surface area is 222 Å². The fraction of sp³-hybridized carbons (Fsp3) is 0.414. The number of nitrogens with one attached hydrogen (secondary N) is 1. The minimum Gasteiger partial charge on any atom is -0.354 e. The van der Waals surface area contributed by atoms with Crippen LogP contribution in [0.15, 0.2) is 48.5 Å². The van der Waals surface area contributed by atoms with Crippen molar-refractivity contribution in [3.05, 3.63) is 76.7 Å². The van der Waals surface area contributed by atoms with Crippen molar-refractivity contribution in [2.45, 2.75) is 52.2 Å². The normalized spacial score (nSPS) is 16.1. The molecule has 37 heavy (non-hydrogen) atoms. The molecule has 196 valence electrons. The van der Waals surface area contributed by atoms with Crippen molar-refractivity contribution in [2.75, 3.05) is 23.7 Å². The second-order valence-corrected chi connectivity index (χ2v) is 12.1. The number of hydrogen-bond acceptors (Lipinski definition) is 4. The van der Waals surface area contributed by atoms with Crippen LogP contribution in [0.3, 0.4) is 0 Å². The summed E-state index contributed by atoms with van der Waals surface area (Å²) >= 11 is 1.44. The fourth-order valence-corrected chi connectivity index (χ4v) is 5.58. The molecule has 0 bridgehead atoms. The molecule has 0 saturated heterocycles. The van der Waals surface area contributed by atoms with Crippen molar-refractivity contribution in [1.29, 1.82) is 0 Å². The van der Waals surface area contributed by atoms with Crippen LogP contribution in [0.2, 0.25) is 0 Å². The van der Waals surface area contributed by atoms with Crippen LogP contribution in [0.25, 0.3) is 5.69 Å². The van der Waals surface area contributed by atoms with Crippen LogP contribution < -0.4 is 10.2 Å². The van der Waals surface area contributed by atoms with Crippen LogP contribution in [0.1, 0.15) is 62.3 Å². The Morgan fingerprint density at radius 1 is 1.19 bits per heavy atom. The van der Waals surface area contributed by atoms with Crippen LogP contribution in [0.4, 0.5) is 10.2 Å². The summed E-state index contributed by atoms with van der Waals surface area (Å²) in [5, 5.41) is 7.66. The van der Waals surface area contributed by atoms with Crippen molar-refractivity contribution in [2.24, 2.45) is 5.92 Å². The van der Waals surface area contributed by atoms with E-state index in [1.807, 2.05) is 51.1 Å². The van der Waals surface area contributed by atoms with E-state index in [1.54, 1.807) is 15.6 Å². The van der Waals surface area contributed by atoms with Crippen LogP contribution in [-0.4, -0.2) is 40.4 Å². The lowest BCUT2D eigenvalue weighted by Gasteiger charge is -2.24. The van der Waals surface area contributed by atoms with Crippen molar-refractivity contribution in [1.82, 2.24) is 15.1 Å². The van der Waals surface area contributed by atoms with Gasteiger partial charge in [0, 0.05) is 17.5 Å². The third-order valence-corrected chi connectivity index (χ3v) is 7.49. The fourth-order valence-electron chi connectivity index (χ4n) is 4.39. The first-order valence-electron chi connectivity index (χ1n) is 12.6. The smallest absolute Gasteiger partial charge is 0.240 e. The molecule has 1 aliphatic rings. The van der Waals surface area contributed by atoms with Gasteiger partial charge in [0.15, 0.2) is 0 Å². The Balaban J connectivity index is 1.96. The monoisotopic (exact) mass is 522 g/mol. The van der Waals surface area contributed by atoms with Crippen molar-refractivity contribution in [3.63, 3.8) is 0 Å². The third kappa shape index (κ3) is 5.90. The van der Waals surface area contributed by atoms with Gasteiger partial charge < -0.3 is 5.32 Å². The zero-order valence-corrected chi connectivity index (χ0v) is 23.2. The number of carbonyl (C=O) groups is 2. The molecule has 1 N–H and O–H groups in total. The van der Waals surface area contributed by atoms with E-state index in [0.717, 1.165) is 28.1 Å². The second-order valence-electron chi connectivity index (χ2n) is 11.0. The predicted octanol–water partition coefficient (Wildman–Crippen LogP) is 5.56. The van der Waals surface area contributed by atoms with E-state index in [2.05, 4.69) is 26.1 Å². The first kappa shape index (κ1) is 26.9. The summed E-state index contributed by atoms with van der Waals surface area (Å²) in [5.74, 6) is 0.277. The van der Waals surface area contributed by atoms with Gasteiger partial charge in [-0.25, -0.2) is 9.07 Å². The van der Waals surface area contributed by atoms with Gasteiger partial charge in [-0.3, -0.25) is 14.5 Å². The maximum Gasteiger partial charge on any atom is 0.240 e. The highest BCUT2D eigenvalue weighted by Gasteiger charge is 2.40. The molecule has 0 fully saturated rings. The Bertz CT molecular complexity index is 1290. The largest absolute Gasteiger partial charge is 0.354 e. The number of halogens is 1. The maximum atomic E-state index is 14.4. The highest BCUT2D eigenvalue weighted by molar-refractivity contribution is 8.00. The lowest BCUT2D eigenvalue weighted by atomic mass is 9.87. The van der Waals surface area contributed by atoms with Crippen LogP contribution >= 0.6 is 11.8 Å². The number of aryl methyl sites for hydroxylation is 1. The number of nitrogens with zero attached hydrogens (tertiary/aromatic N) is 3. The molecule has 0 spiro atoms. The van der Waals surface area contributed by atoms with E-state index < -0.39 is 0 Å². The Morgan fingerprint density at radius 3 is 2.51 bits per heavy atom. The predicted molar refractivity (Wildman–Crippen MR) is 148 cm³/mol. The van der Waals surface area contributed by atoms with Crippen molar-refractivity contribution < 1.29 is 14.0 Å². The highest BCUT2D eigenvalue weighted by atomic mass is 32.2. The molecule has 4 rings (SSSR count). The van der Waals surface area contributed by atoms with Gasteiger partial charge >= 0.3 is 0 Å². The molecular formula is C29H35FN4O2S. The zero-order chi connectivity index (χ0) is 26.9. The van der Waals surface area contributed by atoms with Gasteiger partial charge in [-0.15, -0.1) is 11.8 Å². The summed E-state index contributed by atoms with van der Waals surface area (Å²) < 4.78 is 16.1. The number of rotatable bonds is 6. The van der Waals surface area contributed by atoms with Crippen molar-refractivity contribution >= 4 is 29.4 Å². The molecule has 0 saturated carbocycles. The molecule has 2 aromatic carbocycles. The number of carbonyl (C=O) groups excluding carboxylic acids is 2. The number of fused-ring (bicyclic) bond motifs is 1. The number of hydrogen-bond donors (Lipinski definition) is 1. The van der Waals surface area contributed by atoms with Gasteiger partial charge in [-0.2, -0.15) is 5.10 Å². The molecule has 2 heterocycles. The number of benzene rings is 2. The van der Waals surface area contributed by atoms with Gasteiger partial charge in [0.1, 0.15) is 18.2 Å². The molecule has 0 radical (unpaired) electrons. The summed E-state index contributed by atoms with van der Waals surface area (Å²) in [6, 6.07) is 14.4. The summed E-state index contributed by atoms with van der Waals surface area (Å²) in [7, 11) is 0. The van der Waals surface area contributed by atoms with Gasteiger partial charge in [0.05, 0.1) is 22.4 Å². The van der Waals surface area contributed by atoms with E-state index in [0.29, 0.717) is 12.4 Å². The summed E-state index contributed by atoms with van der Waals surface area (Å²) in [6.07, 6.45) is 0. The first-order chi connectivity index (χ1) is 17.5. The van der Waals surface area contributed by atoms with Gasteiger partial charge in [0.2, 0.25) is 11.8 Å². The van der Waals surface area contributed by atoms with Gasteiger partial charge in [-0.05, 0) is 42.7 Å². The highest BCUT2D eigenvalue weighted by Crippen LogP contribution is 2.48. The molecule has 3 aromatic rings. The number of amides is 2. The van der Waals surface area contributed by atoms with Crippen LogP contribution in [0.5, 0.6) is 0 Å². The second kappa shape index (κ2) is 10.7. The number of thioether (sulfide) groups is 1. The average Bonchev–Trinajstić information content (AvgIpc) is 3.16. The minimum absolute atomic E-state index is 0.115. The molecule has 8 heteroatoms. The quantitative estimate of drug-likeness (QED) is 0.460. The van der Waals surface area contributed by atoms with Crippen LogP contribution in [-0.2, 0) is 15.0 Å². The number of aromatic nitrogens is 2. The van der Waals surface area contributed by atoms with E-state index in [9.17, 15) is 14.0 Å². The molecule has 6 nitrogen and oxygen atoms in total. The molecule has 1 unspecified atom stereocenters. The average molecular weight is 523 g/mol. The molecule has 1 aromatic heterocycles. The first-order valence-corrected chi connectivity index (χ1v) is 13.6. The lowest BCUT2D eigenvalue weighted by molar-refractivity contribution is -0.123. The minimum atomic E-state index is -0.370. The van der Waals surface area contributed by atoms with E-state index in [1.165, 1.54) is 23.9 Å². The standard InChI is InChI=1S/C29H35FN4O2S/c1-18(2)15-31-23(35)16-33-24(36)17-37-26(20-8-7-9-21(30)14-20)25-27(29(4,5)6)32-34(28(25)33)22-12-10-19(3)11-13-22/h7-14,18,26H,15-17H2,1-6H3,(H,31,35). The summed E-state index contributed by atoms with van der Waals surface area (Å²) in [5.41, 5.74) is 3.94. The molecule has 1 atom stereocenters. The molecule has 2 amide bonds. The SMILES string of the molecule is Cc1ccc(-n2nc(C(C)(C)C)c3c2N(CC(=O)NCC(C)C)C(=O)CSC3c2cccc(F)c2)cc1.